The Morgan fingerprint density at radius 2 is 1.76 bits per heavy atom. The van der Waals surface area contributed by atoms with E-state index < -0.39 is 21.5 Å². The highest BCUT2D eigenvalue weighted by Crippen LogP contribution is 2.37. The Kier molecular flexibility index (Phi) is 7.86. The first-order chi connectivity index (χ1) is 19.3. The number of carbonyl (C=O) groups is 2. The molecule has 2 heterocycles. The highest BCUT2D eigenvalue weighted by atomic mass is 35.5. The number of likely N-dealkylation sites (tertiary alicyclic amines) is 1. The molecule has 1 amide bonds. The number of nitrogens with zero attached hydrogens (tertiary/aromatic N) is 3. The van der Waals surface area contributed by atoms with Gasteiger partial charge in [-0.3, -0.25) is 4.79 Å². The average molecular weight is 630 g/mol. The first-order valence-electron chi connectivity index (χ1n) is 12.7. The molecule has 0 spiro atoms. The van der Waals surface area contributed by atoms with Gasteiger partial charge in [0, 0.05) is 28.5 Å². The summed E-state index contributed by atoms with van der Waals surface area (Å²) in [5.74, 6) is -0.940. The van der Waals surface area contributed by atoms with Gasteiger partial charge in [0.2, 0.25) is 5.91 Å². The number of alkyl halides is 3. The fourth-order valence-corrected chi connectivity index (χ4v) is 7.00. The Hall–Kier alpha value is -3.09. The molecule has 2 aliphatic rings. The van der Waals surface area contributed by atoms with Crippen molar-refractivity contribution in [1.82, 2.24) is 14.1 Å². The molecule has 3 aromatic rings. The molecule has 218 valence electrons. The predicted molar refractivity (Wildman–Crippen MR) is 145 cm³/mol. The number of methoxy groups -OCH3 is 1. The van der Waals surface area contributed by atoms with E-state index in [0.29, 0.717) is 52.5 Å². The lowest BCUT2D eigenvalue weighted by Gasteiger charge is -2.31. The highest BCUT2D eigenvalue weighted by Gasteiger charge is 2.50. The third kappa shape index (κ3) is 5.44. The van der Waals surface area contributed by atoms with Gasteiger partial charge in [0.05, 0.1) is 24.6 Å². The van der Waals surface area contributed by atoms with Gasteiger partial charge in [-0.25, -0.2) is 4.79 Å². The van der Waals surface area contributed by atoms with Crippen LogP contribution < -0.4 is 0 Å². The number of hydrogen-bond donors (Lipinski definition) is 0. The van der Waals surface area contributed by atoms with E-state index in [4.69, 9.17) is 27.9 Å². The van der Waals surface area contributed by atoms with Crippen molar-refractivity contribution in [2.45, 2.75) is 43.7 Å². The van der Waals surface area contributed by atoms with E-state index in [1.54, 1.807) is 41.3 Å². The van der Waals surface area contributed by atoms with Crippen LogP contribution in [0.15, 0.2) is 42.6 Å². The minimum absolute atomic E-state index is 0.000334. The van der Waals surface area contributed by atoms with Gasteiger partial charge in [-0.15, -0.1) is 0 Å². The highest BCUT2D eigenvalue weighted by molar-refractivity contribution is 7.90. The summed E-state index contributed by atoms with van der Waals surface area (Å²) in [6.07, 6.45) is 2.57. The summed E-state index contributed by atoms with van der Waals surface area (Å²) in [4.78, 5) is 26.8. The molecule has 1 saturated heterocycles. The predicted octanol–water partition coefficient (Wildman–Crippen LogP) is 5.29. The molecule has 2 aromatic carbocycles. The van der Waals surface area contributed by atoms with Crippen LogP contribution in [0.3, 0.4) is 0 Å². The smallest absolute Gasteiger partial charge is 0.465 e. The van der Waals surface area contributed by atoms with Crippen molar-refractivity contribution in [3.05, 3.63) is 75.0 Å². The van der Waals surface area contributed by atoms with Crippen LogP contribution in [0.4, 0.5) is 13.2 Å². The first kappa shape index (κ1) is 29.4. The van der Waals surface area contributed by atoms with Crippen molar-refractivity contribution in [2.75, 3.05) is 13.7 Å². The Morgan fingerprint density at radius 1 is 1.10 bits per heavy atom. The summed E-state index contributed by atoms with van der Waals surface area (Å²) in [7, 11) is -4.31. The van der Waals surface area contributed by atoms with Crippen LogP contribution >= 0.6 is 23.2 Å². The molecule has 1 aromatic heterocycles. The topological polar surface area (TPSA) is 98.6 Å². The lowest BCUT2D eigenvalue weighted by molar-refractivity contribution is -0.133. The van der Waals surface area contributed by atoms with Crippen LogP contribution in [0, 0.1) is 5.92 Å². The molecule has 5 rings (SSSR count). The molecule has 1 fully saturated rings. The van der Waals surface area contributed by atoms with Crippen molar-refractivity contribution >= 4 is 45.1 Å². The lowest BCUT2D eigenvalue weighted by Crippen LogP contribution is -2.42. The number of benzene rings is 2. The second-order valence-corrected chi connectivity index (χ2v) is 12.6. The van der Waals surface area contributed by atoms with Gasteiger partial charge >= 0.3 is 21.5 Å². The van der Waals surface area contributed by atoms with Crippen molar-refractivity contribution in [1.29, 1.82) is 0 Å². The Morgan fingerprint density at radius 3 is 2.37 bits per heavy atom. The summed E-state index contributed by atoms with van der Waals surface area (Å²) in [5, 5.41) is 4.31. The molecule has 2 atom stereocenters. The van der Waals surface area contributed by atoms with Gasteiger partial charge in [-0.05, 0) is 78.6 Å². The fourth-order valence-electron chi connectivity index (χ4n) is 5.49. The Balaban J connectivity index is 1.28. The lowest BCUT2D eigenvalue weighted by atomic mass is 9.92. The normalized spacial score (nSPS) is 19.4. The van der Waals surface area contributed by atoms with Gasteiger partial charge in [0.15, 0.2) is 0 Å². The van der Waals surface area contributed by atoms with Gasteiger partial charge in [-0.2, -0.15) is 30.8 Å². The molecule has 8 nitrogen and oxygen atoms in total. The van der Waals surface area contributed by atoms with E-state index in [-0.39, 0.29) is 40.5 Å². The van der Waals surface area contributed by atoms with Gasteiger partial charge in [0.25, 0.3) is 0 Å². The van der Waals surface area contributed by atoms with Crippen LogP contribution in [0.2, 0.25) is 10.0 Å². The standard InChI is InChI=1S/C27H24Cl2F3N3O5S/c1-40-26(37)16-4-2-15(3-5-16)18-12-22(28)21(23(29)13-18)11-17-8-9-34(25(17)36)20-6-7-24-19(10-20)14-33-35(24)41(38,39)27(30,31)32/h2-5,12-14,17,20H,6-11H2,1H3. The van der Waals surface area contributed by atoms with E-state index >= 15 is 0 Å². The maximum atomic E-state index is 13.4. The second kappa shape index (κ2) is 11.0. The van der Waals surface area contributed by atoms with Gasteiger partial charge < -0.3 is 9.64 Å². The zero-order valence-corrected chi connectivity index (χ0v) is 23.9. The summed E-state index contributed by atoms with van der Waals surface area (Å²) in [5.41, 5.74) is -2.51. The molecule has 0 bridgehead atoms. The van der Waals surface area contributed by atoms with Crippen LogP contribution in [0.25, 0.3) is 11.1 Å². The van der Waals surface area contributed by atoms with E-state index in [1.807, 2.05) is 0 Å². The quantitative estimate of drug-likeness (QED) is 0.344. The van der Waals surface area contributed by atoms with Crippen LogP contribution in [0.1, 0.15) is 40.0 Å². The Bertz CT molecular complexity index is 1600. The summed E-state index contributed by atoms with van der Waals surface area (Å²) < 4.78 is 67.7. The van der Waals surface area contributed by atoms with Crippen molar-refractivity contribution < 1.29 is 35.9 Å². The SMILES string of the molecule is COC(=O)c1ccc(-c2cc(Cl)c(CC3CCN(C4CCc5c(cnn5S(=O)(=O)C(F)(F)F)C4)C3=O)c(Cl)c2)cc1. The molecule has 2 unspecified atom stereocenters. The summed E-state index contributed by atoms with van der Waals surface area (Å²) >= 11 is 13.2. The number of esters is 1. The molecule has 0 saturated carbocycles. The molecule has 0 radical (unpaired) electrons. The minimum atomic E-state index is -5.62. The minimum Gasteiger partial charge on any atom is -0.465 e. The molecule has 0 N–H and O–H groups in total. The third-order valence-corrected chi connectivity index (χ3v) is 9.66. The Labute approximate surface area is 244 Å². The zero-order valence-electron chi connectivity index (χ0n) is 21.6. The number of rotatable bonds is 6. The van der Waals surface area contributed by atoms with Crippen molar-refractivity contribution in [3.8, 4) is 11.1 Å². The monoisotopic (exact) mass is 629 g/mol. The molecule has 1 aliphatic heterocycles. The van der Waals surface area contributed by atoms with Crippen LogP contribution in [-0.2, 0) is 38.8 Å². The zero-order chi connectivity index (χ0) is 29.7. The van der Waals surface area contributed by atoms with E-state index in [1.165, 1.54) is 7.11 Å². The summed E-state index contributed by atoms with van der Waals surface area (Å²) in [6, 6.07) is 10.0. The maximum absolute atomic E-state index is 13.4. The number of halogens is 5. The van der Waals surface area contributed by atoms with Crippen LogP contribution in [0.5, 0.6) is 0 Å². The maximum Gasteiger partial charge on any atom is 0.518 e. The van der Waals surface area contributed by atoms with Crippen LogP contribution in [-0.4, -0.2) is 59.6 Å². The number of ether oxygens (including phenoxy) is 1. The van der Waals surface area contributed by atoms with E-state index in [2.05, 4.69) is 5.10 Å². The molecular formula is C27H24Cl2F3N3O5S. The van der Waals surface area contributed by atoms with E-state index in [9.17, 15) is 31.2 Å². The van der Waals surface area contributed by atoms with E-state index in [0.717, 1.165) is 17.3 Å². The molecule has 1 aliphatic carbocycles. The van der Waals surface area contributed by atoms with Gasteiger partial charge in [-0.1, -0.05) is 35.3 Å². The average Bonchev–Trinajstić information content (AvgIpc) is 3.52. The summed E-state index contributed by atoms with van der Waals surface area (Å²) in [6.45, 7) is 0.457. The molecule has 41 heavy (non-hydrogen) atoms. The third-order valence-electron chi connectivity index (χ3n) is 7.63. The second-order valence-electron chi connectivity index (χ2n) is 10.0. The van der Waals surface area contributed by atoms with Crippen molar-refractivity contribution in [2.24, 2.45) is 5.92 Å². The molecule has 14 heteroatoms. The fraction of sp³-hybridized carbons (Fsp3) is 0.370. The van der Waals surface area contributed by atoms with Crippen molar-refractivity contribution in [3.63, 3.8) is 0 Å². The number of aromatic nitrogens is 2. The molecular weight excluding hydrogens is 606 g/mol. The number of amides is 1. The number of fused-ring (bicyclic) bond motifs is 1. The van der Waals surface area contributed by atoms with Gasteiger partial charge in [0.1, 0.15) is 0 Å². The first-order valence-corrected chi connectivity index (χ1v) is 14.9. The number of hydrogen-bond acceptors (Lipinski definition) is 6. The number of carbonyl (C=O) groups excluding carboxylic acids is 2. The largest absolute Gasteiger partial charge is 0.518 e.